The Hall–Kier alpha value is -3.30. The summed E-state index contributed by atoms with van der Waals surface area (Å²) in [6.45, 7) is 0. The summed E-state index contributed by atoms with van der Waals surface area (Å²) < 4.78 is 44.3. The Labute approximate surface area is 239 Å². The molecule has 0 bridgehead atoms. The molecule has 1 fully saturated rings. The zero-order valence-corrected chi connectivity index (χ0v) is 23.1. The number of anilines is 1. The van der Waals surface area contributed by atoms with Gasteiger partial charge < -0.3 is 15.4 Å². The lowest BCUT2D eigenvalue weighted by Crippen LogP contribution is -2.47. The Kier molecular flexibility index (Phi) is 9.26. The number of benzene rings is 3. The number of hydrogen-bond donors (Lipinski definition) is 2. The van der Waals surface area contributed by atoms with Crippen molar-refractivity contribution in [3.8, 4) is 0 Å². The molecule has 6 nitrogen and oxygen atoms in total. The van der Waals surface area contributed by atoms with Gasteiger partial charge in [-0.25, -0.2) is 4.79 Å². The van der Waals surface area contributed by atoms with Crippen molar-refractivity contribution in [2.24, 2.45) is 5.92 Å². The van der Waals surface area contributed by atoms with Crippen LogP contribution in [-0.4, -0.2) is 30.9 Å². The highest BCUT2D eigenvalue weighted by Crippen LogP contribution is 2.36. The van der Waals surface area contributed by atoms with Crippen molar-refractivity contribution in [3.05, 3.63) is 75.3 Å². The molecule has 212 valence electrons. The quantitative estimate of drug-likeness (QED) is 0.283. The summed E-state index contributed by atoms with van der Waals surface area (Å²) in [5.41, 5.74) is -0.740. The summed E-state index contributed by atoms with van der Waals surface area (Å²) in [7, 11) is 1.27. The first-order valence-corrected chi connectivity index (χ1v) is 13.5. The molecule has 0 saturated heterocycles. The Balaban J connectivity index is 1.63. The molecule has 2 N–H and O–H groups in total. The summed E-state index contributed by atoms with van der Waals surface area (Å²) in [6, 6.07) is 11.0. The average Bonchev–Trinajstić information content (AvgIpc) is 2.92. The third-order valence-corrected chi connectivity index (χ3v) is 7.75. The predicted molar refractivity (Wildman–Crippen MR) is 148 cm³/mol. The lowest BCUT2D eigenvalue weighted by Gasteiger charge is -2.29. The highest BCUT2D eigenvalue weighted by Gasteiger charge is 2.34. The highest BCUT2D eigenvalue weighted by atomic mass is 35.5. The molecule has 0 spiro atoms. The Morgan fingerprint density at radius 3 is 2.15 bits per heavy atom. The van der Waals surface area contributed by atoms with E-state index in [2.05, 4.69) is 10.6 Å². The van der Waals surface area contributed by atoms with Gasteiger partial charge in [0, 0.05) is 10.0 Å². The van der Waals surface area contributed by atoms with Crippen molar-refractivity contribution in [1.29, 1.82) is 0 Å². The number of alkyl halides is 3. The summed E-state index contributed by atoms with van der Waals surface area (Å²) in [6.07, 6.45) is -0.587. The molecule has 0 heterocycles. The summed E-state index contributed by atoms with van der Waals surface area (Å²) in [5.74, 6) is -1.84. The van der Waals surface area contributed by atoms with E-state index in [-0.39, 0.29) is 32.8 Å². The molecule has 40 heavy (non-hydrogen) atoms. The molecule has 0 aromatic heterocycles. The van der Waals surface area contributed by atoms with Crippen molar-refractivity contribution < 1.29 is 32.3 Å². The fourth-order valence-electron chi connectivity index (χ4n) is 5.00. The zero-order chi connectivity index (χ0) is 29.0. The van der Waals surface area contributed by atoms with Crippen LogP contribution < -0.4 is 10.6 Å². The first kappa shape index (κ1) is 29.7. The van der Waals surface area contributed by atoms with Gasteiger partial charge in [0.15, 0.2) is 0 Å². The van der Waals surface area contributed by atoms with Crippen molar-refractivity contribution in [2.75, 3.05) is 12.4 Å². The zero-order valence-electron chi connectivity index (χ0n) is 21.5. The SMILES string of the molecule is COC(=O)[C@@H](NC(=O)c1cc2ccccc2cc1NC(=O)Cc1c(Cl)cc(C(F)(F)F)cc1Cl)C1CCCCC1. The summed E-state index contributed by atoms with van der Waals surface area (Å²) in [5, 5.41) is 6.33. The van der Waals surface area contributed by atoms with E-state index in [0.717, 1.165) is 42.9 Å². The molecule has 11 heteroatoms. The first-order valence-electron chi connectivity index (χ1n) is 12.7. The van der Waals surface area contributed by atoms with E-state index in [1.165, 1.54) is 7.11 Å². The molecular weight excluding hydrogens is 568 g/mol. The number of carbonyl (C=O) groups excluding carboxylic acids is 3. The van der Waals surface area contributed by atoms with Crippen molar-refractivity contribution in [3.63, 3.8) is 0 Å². The van der Waals surface area contributed by atoms with Crippen molar-refractivity contribution in [2.45, 2.75) is 50.7 Å². The molecule has 3 aromatic carbocycles. The molecule has 1 atom stereocenters. The van der Waals surface area contributed by atoms with Gasteiger partial charge in [0.2, 0.25) is 5.91 Å². The van der Waals surface area contributed by atoms with Gasteiger partial charge in [-0.15, -0.1) is 0 Å². The van der Waals surface area contributed by atoms with Gasteiger partial charge in [0.25, 0.3) is 5.91 Å². The molecule has 1 aliphatic carbocycles. The number of carbonyl (C=O) groups is 3. The second kappa shape index (κ2) is 12.5. The maximum atomic E-state index is 13.5. The van der Waals surface area contributed by atoms with Crippen LogP contribution in [-0.2, 0) is 26.9 Å². The van der Waals surface area contributed by atoms with Crippen LogP contribution >= 0.6 is 23.2 Å². The maximum absolute atomic E-state index is 13.5. The van der Waals surface area contributed by atoms with Gasteiger partial charge in [-0.05, 0) is 59.4 Å². The number of halogens is 5. The number of amides is 2. The van der Waals surface area contributed by atoms with Crippen LogP contribution in [0.4, 0.5) is 18.9 Å². The summed E-state index contributed by atoms with van der Waals surface area (Å²) in [4.78, 5) is 39.2. The lowest BCUT2D eigenvalue weighted by atomic mass is 9.83. The van der Waals surface area contributed by atoms with E-state index in [9.17, 15) is 27.6 Å². The third-order valence-electron chi connectivity index (χ3n) is 7.07. The number of esters is 1. The summed E-state index contributed by atoms with van der Waals surface area (Å²) >= 11 is 12.1. The largest absolute Gasteiger partial charge is 0.467 e. The van der Waals surface area contributed by atoms with Crippen LogP contribution in [0.2, 0.25) is 10.0 Å². The van der Waals surface area contributed by atoms with E-state index in [0.29, 0.717) is 12.1 Å². The van der Waals surface area contributed by atoms with Gasteiger partial charge in [0.1, 0.15) is 6.04 Å². The minimum absolute atomic E-state index is 0.0173. The minimum Gasteiger partial charge on any atom is -0.467 e. The topological polar surface area (TPSA) is 84.5 Å². The number of hydrogen-bond acceptors (Lipinski definition) is 4. The van der Waals surface area contributed by atoms with E-state index in [4.69, 9.17) is 27.9 Å². The van der Waals surface area contributed by atoms with Gasteiger partial charge in [-0.2, -0.15) is 13.2 Å². The molecule has 0 aliphatic heterocycles. The Bertz CT molecular complexity index is 1420. The second-order valence-corrected chi connectivity index (χ2v) is 10.6. The molecular formula is C29H27Cl2F3N2O4. The van der Waals surface area contributed by atoms with Crippen LogP contribution in [0.3, 0.4) is 0 Å². The van der Waals surface area contributed by atoms with Gasteiger partial charge >= 0.3 is 12.1 Å². The van der Waals surface area contributed by atoms with Crippen LogP contribution in [0, 0.1) is 5.92 Å². The fourth-order valence-corrected chi connectivity index (χ4v) is 5.63. The Morgan fingerprint density at radius 2 is 1.57 bits per heavy atom. The lowest BCUT2D eigenvalue weighted by molar-refractivity contribution is -0.144. The third kappa shape index (κ3) is 6.88. The Morgan fingerprint density at radius 1 is 0.975 bits per heavy atom. The monoisotopic (exact) mass is 594 g/mol. The van der Waals surface area contributed by atoms with E-state index in [1.807, 2.05) is 0 Å². The number of ether oxygens (including phenoxy) is 1. The van der Waals surface area contributed by atoms with Crippen LogP contribution in [0.5, 0.6) is 0 Å². The molecule has 0 unspecified atom stereocenters. The number of nitrogens with one attached hydrogen (secondary N) is 2. The highest BCUT2D eigenvalue weighted by molar-refractivity contribution is 6.36. The predicted octanol–water partition coefficient (Wildman–Crippen LogP) is 7.20. The minimum atomic E-state index is -4.65. The first-order chi connectivity index (χ1) is 19.0. The fraction of sp³-hybridized carbons (Fsp3) is 0.345. The standard InChI is InChI=1S/C29H27Cl2F3N2O4/c1-40-28(39)26(16-7-3-2-4-8-16)36-27(38)21-11-17-9-5-6-10-18(17)12-24(21)35-25(37)15-20-22(30)13-19(14-23(20)31)29(32,33)34/h5-6,9-14,16,26H,2-4,7-8,15H2,1H3,(H,35,37)(H,36,38)/t26-/m0/s1. The van der Waals surface area contributed by atoms with Gasteiger partial charge in [-0.3, -0.25) is 9.59 Å². The van der Waals surface area contributed by atoms with Crippen LogP contribution in [0.25, 0.3) is 10.8 Å². The van der Waals surface area contributed by atoms with Gasteiger partial charge in [-0.1, -0.05) is 66.7 Å². The molecule has 3 aromatic rings. The van der Waals surface area contributed by atoms with Crippen molar-refractivity contribution >= 4 is 57.4 Å². The van der Waals surface area contributed by atoms with Gasteiger partial charge in [0.05, 0.1) is 30.3 Å². The van der Waals surface area contributed by atoms with E-state index in [1.54, 1.807) is 36.4 Å². The molecule has 1 saturated carbocycles. The number of rotatable bonds is 7. The van der Waals surface area contributed by atoms with E-state index < -0.39 is 42.0 Å². The molecule has 2 amide bonds. The normalized spacial score (nSPS) is 14.9. The molecule has 1 aliphatic rings. The second-order valence-electron chi connectivity index (χ2n) is 9.76. The smallest absolute Gasteiger partial charge is 0.416 e. The average molecular weight is 595 g/mol. The maximum Gasteiger partial charge on any atom is 0.416 e. The molecule has 0 radical (unpaired) electrons. The van der Waals surface area contributed by atoms with Crippen LogP contribution in [0.15, 0.2) is 48.5 Å². The molecule has 4 rings (SSSR count). The van der Waals surface area contributed by atoms with E-state index >= 15 is 0 Å². The number of fused-ring (bicyclic) bond motifs is 1. The number of methoxy groups -OCH3 is 1. The van der Waals surface area contributed by atoms with Crippen molar-refractivity contribution in [1.82, 2.24) is 5.32 Å². The van der Waals surface area contributed by atoms with Crippen LogP contribution in [0.1, 0.15) is 53.6 Å².